The van der Waals surface area contributed by atoms with E-state index in [0.29, 0.717) is 18.5 Å². The smallest absolute Gasteiger partial charge is 0.313 e. The predicted octanol–water partition coefficient (Wildman–Crippen LogP) is 2.75. The van der Waals surface area contributed by atoms with E-state index in [4.69, 9.17) is 0 Å². The van der Waals surface area contributed by atoms with E-state index in [1.807, 2.05) is 18.2 Å². The highest BCUT2D eigenvalue weighted by Crippen LogP contribution is 2.35. The molecule has 1 fully saturated rings. The maximum atomic E-state index is 13.5. The van der Waals surface area contributed by atoms with Gasteiger partial charge in [-0.25, -0.2) is 4.39 Å². The minimum absolute atomic E-state index is 0.114. The topological polar surface area (TPSA) is 60.8 Å². The first kappa shape index (κ1) is 18.5. The Hall–Kier alpha value is -2.24. The molecule has 26 heavy (non-hydrogen) atoms. The second-order valence-electron chi connectivity index (χ2n) is 7.08. The Kier molecular flexibility index (Phi) is 5.69. The molecule has 1 aliphatic heterocycles. The van der Waals surface area contributed by atoms with Crippen LogP contribution >= 0.6 is 0 Å². The van der Waals surface area contributed by atoms with Crippen molar-refractivity contribution in [2.75, 3.05) is 19.6 Å². The van der Waals surface area contributed by atoms with Crippen LogP contribution in [0.5, 0.6) is 0 Å². The summed E-state index contributed by atoms with van der Waals surface area (Å²) in [6, 6.07) is 16.0. The normalized spacial score (nSPS) is 23.7. The summed E-state index contributed by atoms with van der Waals surface area (Å²) in [4.78, 5) is 14.2. The van der Waals surface area contributed by atoms with E-state index in [-0.39, 0.29) is 13.0 Å². The number of aliphatic hydroxyl groups excluding tert-OH is 1. The van der Waals surface area contributed by atoms with Crippen LogP contribution in [0.1, 0.15) is 17.5 Å². The molecule has 4 nitrogen and oxygen atoms in total. The molecule has 0 bridgehead atoms. The average Bonchev–Trinajstić information content (AvgIpc) is 2.63. The van der Waals surface area contributed by atoms with Crippen molar-refractivity contribution in [3.8, 4) is 0 Å². The summed E-state index contributed by atoms with van der Waals surface area (Å²) in [7, 11) is 0. The van der Waals surface area contributed by atoms with Gasteiger partial charge in [-0.2, -0.15) is 0 Å². The summed E-state index contributed by atoms with van der Waals surface area (Å²) in [5, 5.41) is 20.4. The molecule has 0 amide bonds. The number of likely N-dealkylation sites (tertiary alicyclic amines) is 1. The fourth-order valence-corrected chi connectivity index (χ4v) is 3.76. The molecule has 2 N–H and O–H groups in total. The molecule has 1 saturated heterocycles. The minimum Gasteiger partial charge on any atom is -0.481 e. The molecule has 1 aliphatic rings. The number of aliphatic carboxylic acids is 1. The lowest BCUT2D eigenvalue weighted by Crippen LogP contribution is -2.57. The molecule has 0 radical (unpaired) electrons. The first-order chi connectivity index (χ1) is 12.5. The predicted molar refractivity (Wildman–Crippen MR) is 97.4 cm³/mol. The summed E-state index contributed by atoms with van der Waals surface area (Å²) in [6.45, 7) is 1.65. The van der Waals surface area contributed by atoms with Gasteiger partial charge >= 0.3 is 5.97 Å². The molecule has 0 spiro atoms. The Morgan fingerprint density at radius 2 is 1.88 bits per heavy atom. The van der Waals surface area contributed by atoms with Gasteiger partial charge in [0, 0.05) is 19.6 Å². The number of hydrogen-bond donors (Lipinski definition) is 2. The fraction of sp³-hybridized carbons (Fsp3) is 0.381. The SMILES string of the molecule is O=C(O)[C@]1(Cc2cccc(F)c2)CN(CCc2ccccc2)CC[C@@H]1O. The van der Waals surface area contributed by atoms with E-state index in [9.17, 15) is 19.4 Å². The van der Waals surface area contributed by atoms with Crippen molar-refractivity contribution < 1.29 is 19.4 Å². The van der Waals surface area contributed by atoms with Crippen LogP contribution in [0.2, 0.25) is 0 Å². The first-order valence-electron chi connectivity index (χ1n) is 8.92. The number of aliphatic hydroxyl groups is 1. The molecule has 5 heteroatoms. The van der Waals surface area contributed by atoms with Crippen molar-refractivity contribution in [2.45, 2.75) is 25.4 Å². The van der Waals surface area contributed by atoms with Gasteiger partial charge in [-0.15, -0.1) is 0 Å². The summed E-state index contributed by atoms with van der Waals surface area (Å²) in [5.74, 6) is -1.42. The Balaban J connectivity index is 1.75. The van der Waals surface area contributed by atoms with Crippen molar-refractivity contribution >= 4 is 5.97 Å². The third kappa shape index (κ3) is 4.11. The molecule has 2 aromatic rings. The van der Waals surface area contributed by atoms with Crippen LogP contribution in [0.25, 0.3) is 0 Å². The van der Waals surface area contributed by atoms with Gasteiger partial charge in [0.1, 0.15) is 11.2 Å². The monoisotopic (exact) mass is 357 g/mol. The van der Waals surface area contributed by atoms with E-state index in [2.05, 4.69) is 17.0 Å². The number of rotatable bonds is 6. The lowest BCUT2D eigenvalue weighted by atomic mass is 9.72. The molecule has 3 rings (SSSR count). The number of nitrogens with zero attached hydrogens (tertiary/aromatic N) is 1. The molecule has 0 unspecified atom stereocenters. The van der Waals surface area contributed by atoms with E-state index >= 15 is 0 Å². The van der Waals surface area contributed by atoms with Crippen molar-refractivity contribution in [1.82, 2.24) is 4.90 Å². The molecular weight excluding hydrogens is 333 g/mol. The number of benzene rings is 2. The Bertz CT molecular complexity index is 752. The quantitative estimate of drug-likeness (QED) is 0.835. The molecule has 2 aromatic carbocycles. The lowest BCUT2D eigenvalue weighted by molar-refractivity contribution is -0.163. The van der Waals surface area contributed by atoms with Crippen LogP contribution < -0.4 is 0 Å². The van der Waals surface area contributed by atoms with Crippen molar-refractivity contribution in [3.63, 3.8) is 0 Å². The van der Waals surface area contributed by atoms with Gasteiger partial charge in [0.05, 0.1) is 6.10 Å². The summed E-state index contributed by atoms with van der Waals surface area (Å²) in [5.41, 5.74) is 0.476. The highest BCUT2D eigenvalue weighted by Gasteiger charge is 2.49. The molecule has 0 aliphatic carbocycles. The zero-order chi connectivity index (χ0) is 18.6. The summed E-state index contributed by atoms with van der Waals surface area (Å²) < 4.78 is 13.5. The summed E-state index contributed by atoms with van der Waals surface area (Å²) in [6.07, 6.45) is 0.391. The van der Waals surface area contributed by atoms with Gasteiger partial charge in [0.25, 0.3) is 0 Å². The average molecular weight is 357 g/mol. The number of carboxylic acid groups (broad SMARTS) is 1. The Morgan fingerprint density at radius 1 is 1.15 bits per heavy atom. The van der Waals surface area contributed by atoms with Gasteiger partial charge < -0.3 is 15.1 Å². The number of carboxylic acids is 1. The van der Waals surface area contributed by atoms with Crippen LogP contribution in [-0.2, 0) is 17.6 Å². The summed E-state index contributed by atoms with van der Waals surface area (Å²) >= 11 is 0. The van der Waals surface area contributed by atoms with Crippen LogP contribution in [-0.4, -0.2) is 46.8 Å². The van der Waals surface area contributed by atoms with Gasteiger partial charge in [-0.3, -0.25) is 4.79 Å². The van der Waals surface area contributed by atoms with Crippen LogP contribution in [0.4, 0.5) is 4.39 Å². The highest BCUT2D eigenvalue weighted by atomic mass is 19.1. The van der Waals surface area contributed by atoms with Crippen molar-refractivity contribution in [1.29, 1.82) is 0 Å². The Morgan fingerprint density at radius 3 is 2.58 bits per heavy atom. The van der Waals surface area contributed by atoms with E-state index in [1.54, 1.807) is 12.1 Å². The molecular formula is C21H24FNO3. The van der Waals surface area contributed by atoms with E-state index < -0.39 is 23.3 Å². The zero-order valence-corrected chi connectivity index (χ0v) is 14.6. The molecule has 2 atom stereocenters. The lowest BCUT2D eigenvalue weighted by Gasteiger charge is -2.43. The first-order valence-corrected chi connectivity index (χ1v) is 8.92. The standard InChI is InChI=1S/C21H24FNO3/c22-18-8-4-7-17(13-18)14-21(20(25)26)15-23(12-10-19(21)24)11-9-16-5-2-1-3-6-16/h1-8,13,19,24H,9-12,14-15H2,(H,25,26)/t19-,21+/m0/s1. The minimum atomic E-state index is -1.32. The number of piperidine rings is 1. The highest BCUT2D eigenvalue weighted by molar-refractivity contribution is 5.76. The third-order valence-corrected chi connectivity index (χ3v) is 5.26. The van der Waals surface area contributed by atoms with Gasteiger partial charge in [0.2, 0.25) is 0 Å². The van der Waals surface area contributed by atoms with Gasteiger partial charge in [-0.1, -0.05) is 42.5 Å². The molecule has 0 aromatic heterocycles. The molecule has 1 heterocycles. The van der Waals surface area contributed by atoms with E-state index in [0.717, 1.165) is 13.0 Å². The third-order valence-electron chi connectivity index (χ3n) is 5.26. The second kappa shape index (κ2) is 7.98. The van der Waals surface area contributed by atoms with Crippen LogP contribution in [0, 0.1) is 11.2 Å². The second-order valence-corrected chi connectivity index (χ2v) is 7.08. The van der Waals surface area contributed by atoms with E-state index in [1.165, 1.54) is 17.7 Å². The van der Waals surface area contributed by atoms with Gasteiger partial charge in [0.15, 0.2) is 0 Å². The number of hydrogen-bond acceptors (Lipinski definition) is 3. The number of carbonyl (C=O) groups is 1. The maximum absolute atomic E-state index is 13.5. The maximum Gasteiger partial charge on any atom is 0.313 e. The van der Waals surface area contributed by atoms with Crippen LogP contribution in [0.15, 0.2) is 54.6 Å². The molecule has 0 saturated carbocycles. The zero-order valence-electron chi connectivity index (χ0n) is 14.6. The van der Waals surface area contributed by atoms with Gasteiger partial charge in [-0.05, 0) is 42.5 Å². The fourth-order valence-electron chi connectivity index (χ4n) is 3.76. The molecule has 138 valence electrons. The van der Waals surface area contributed by atoms with Crippen LogP contribution in [0.3, 0.4) is 0 Å². The van der Waals surface area contributed by atoms with Crippen molar-refractivity contribution in [3.05, 3.63) is 71.5 Å². The largest absolute Gasteiger partial charge is 0.481 e. The Labute approximate surface area is 152 Å². The van der Waals surface area contributed by atoms with Crippen molar-refractivity contribution in [2.24, 2.45) is 5.41 Å². The number of halogens is 1.